The van der Waals surface area contributed by atoms with Crippen LogP contribution in [0.15, 0.2) is 12.3 Å². The van der Waals surface area contributed by atoms with Crippen LogP contribution in [0.25, 0.3) is 0 Å². The molecule has 0 amide bonds. The van der Waals surface area contributed by atoms with Crippen LogP contribution in [0.5, 0.6) is 0 Å². The second kappa shape index (κ2) is 6.26. The lowest BCUT2D eigenvalue weighted by Gasteiger charge is -2.03. The molecule has 1 heterocycles. The van der Waals surface area contributed by atoms with Crippen molar-refractivity contribution in [3.8, 4) is 0 Å². The quantitative estimate of drug-likeness (QED) is 0.421. The van der Waals surface area contributed by atoms with Crippen LogP contribution in [0.1, 0.15) is 37.3 Å². The molecule has 0 spiro atoms. The summed E-state index contributed by atoms with van der Waals surface area (Å²) in [6.07, 6.45) is 6.62. The zero-order valence-corrected chi connectivity index (χ0v) is 9.91. The fourth-order valence-corrected chi connectivity index (χ4v) is 1.79. The Balaban J connectivity index is 2.60. The van der Waals surface area contributed by atoms with E-state index in [4.69, 9.17) is 23.2 Å². The van der Waals surface area contributed by atoms with Gasteiger partial charge in [0, 0.05) is 11.8 Å². The molecule has 0 bridgehead atoms. The molecule has 1 rings (SSSR count). The molecule has 1 aromatic heterocycles. The Kier molecular flexibility index (Phi) is 5.28. The van der Waals surface area contributed by atoms with E-state index in [9.17, 15) is 0 Å². The minimum atomic E-state index is 0.438. The second-order valence-electron chi connectivity index (χ2n) is 3.38. The third-order valence-corrected chi connectivity index (χ3v) is 2.81. The molecule has 78 valence electrons. The summed E-state index contributed by atoms with van der Waals surface area (Å²) in [7, 11) is 0. The van der Waals surface area contributed by atoms with E-state index in [1.165, 1.54) is 24.8 Å². The number of aryl methyl sites for hydroxylation is 1. The van der Waals surface area contributed by atoms with Crippen LogP contribution in [0.2, 0.25) is 5.15 Å². The number of hydrogen-bond donors (Lipinski definition) is 0. The van der Waals surface area contributed by atoms with Crippen LogP contribution in [-0.2, 0) is 12.3 Å². The van der Waals surface area contributed by atoms with Gasteiger partial charge in [-0.3, -0.25) is 0 Å². The van der Waals surface area contributed by atoms with E-state index in [2.05, 4.69) is 18.0 Å². The van der Waals surface area contributed by atoms with E-state index in [0.29, 0.717) is 11.0 Å². The van der Waals surface area contributed by atoms with Crippen molar-refractivity contribution in [1.82, 2.24) is 4.98 Å². The third kappa shape index (κ3) is 3.47. The summed E-state index contributed by atoms with van der Waals surface area (Å²) in [5.41, 5.74) is 2.17. The molecule has 0 aromatic carbocycles. The lowest BCUT2D eigenvalue weighted by Crippen LogP contribution is -1.91. The monoisotopic (exact) mass is 231 g/mol. The number of hydrogen-bond acceptors (Lipinski definition) is 1. The van der Waals surface area contributed by atoms with Crippen molar-refractivity contribution in [3.05, 3.63) is 28.5 Å². The maximum absolute atomic E-state index is 5.86. The fraction of sp³-hybridized carbons (Fsp3) is 0.545. The van der Waals surface area contributed by atoms with Crippen molar-refractivity contribution < 1.29 is 0 Å². The molecule has 0 atom stereocenters. The van der Waals surface area contributed by atoms with Crippen LogP contribution in [0, 0.1) is 0 Å². The number of nitrogens with zero attached hydrogens (tertiary/aromatic N) is 1. The predicted molar refractivity (Wildman–Crippen MR) is 62.0 cm³/mol. The van der Waals surface area contributed by atoms with Crippen molar-refractivity contribution in [2.75, 3.05) is 0 Å². The molecular formula is C11H15Cl2N. The van der Waals surface area contributed by atoms with Gasteiger partial charge in [0.1, 0.15) is 5.15 Å². The molecule has 0 radical (unpaired) electrons. The van der Waals surface area contributed by atoms with Gasteiger partial charge in [-0.05, 0) is 24.5 Å². The normalized spacial score (nSPS) is 10.5. The number of unbranched alkanes of at least 4 members (excludes halogenated alkanes) is 2. The highest BCUT2D eigenvalue weighted by atomic mass is 35.5. The van der Waals surface area contributed by atoms with Crippen LogP contribution in [-0.4, -0.2) is 4.98 Å². The zero-order valence-electron chi connectivity index (χ0n) is 8.39. The average molecular weight is 232 g/mol. The number of aromatic nitrogens is 1. The molecule has 1 aromatic rings. The van der Waals surface area contributed by atoms with Crippen molar-refractivity contribution in [1.29, 1.82) is 0 Å². The van der Waals surface area contributed by atoms with Crippen molar-refractivity contribution in [2.45, 2.75) is 38.5 Å². The molecular weight excluding hydrogens is 217 g/mol. The molecule has 0 saturated carbocycles. The molecule has 0 unspecified atom stereocenters. The summed E-state index contributed by atoms with van der Waals surface area (Å²) in [4.78, 5) is 4.11. The van der Waals surface area contributed by atoms with Gasteiger partial charge in [0.05, 0.1) is 5.88 Å². The summed E-state index contributed by atoms with van der Waals surface area (Å²) in [6, 6.07) is 2.05. The Morgan fingerprint density at radius 2 is 2.14 bits per heavy atom. The molecule has 0 aliphatic heterocycles. The van der Waals surface area contributed by atoms with Gasteiger partial charge in [0.25, 0.3) is 0 Å². The Morgan fingerprint density at radius 3 is 2.79 bits per heavy atom. The van der Waals surface area contributed by atoms with Crippen molar-refractivity contribution in [3.63, 3.8) is 0 Å². The summed E-state index contributed by atoms with van der Waals surface area (Å²) >= 11 is 11.6. The second-order valence-corrected chi connectivity index (χ2v) is 4.01. The highest BCUT2D eigenvalue weighted by Gasteiger charge is 2.02. The Hall–Kier alpha value is -0.270. The SMILES string of the molecule is CCCCCc1cnc(Cl)c(CCl)c1. The Morgan fingerprint density at radius 1 is 1.36 bits per heavy atom. The molecule has 0 fully saturated rings. The lowest BCUT2D eigenvalue weighted by molar-refractivity contribution is 0.715. The fourth-order valence-electron chi connectivity index (χ4n) is 1.35. The number of halogens is 2. The summed E-state index contributed by atoms with van der Waals surface area (Å²) in [5, 5.41) is 0.527. The first kappa shape index (κ1) is 11.8. The van der Waals surface area contributed by atoms with Gasteiger partial charge in [-0.25, -0.2) is 4.98 Å². The van der Waals surface area contributed by atoms with Crippen LogP contribution >= 0.6 is 23.2 Å². The maximum atomic E-state index is 5.86. The minimum Gasteiger partial charge on any atom is -0.244 e. The van der Waals surface area contributed by atoms with E-state index >= 15 is 0 Å². The van der Waals surface area contributed by atoms with Gasteiger partial charge >= 0.3 is 0 Å². The van der Waals surface area contributed by atoms with Gasteiger partial charge in [-0.15, -0.1) is 11.6 Å². The topological polar surface area (TPSA) is 12.9 Å². The first-order valence-electron chi connectivity index (χ1n) is 4.97. The molecule has 3 heteroatoms. The van der Waals surface area contributed by atoms with Crippen molar-refractivity contribution in [2.24, 2.45) is 0 Å². The molecule has 1 nitrogen and oxygen atoms in total. The zero-order chi connectivity index (χ0) is 10.4. The molecule has 14 heavy (non-hydrogen) atoms. The maximum Gasteiger partial charge on any atom is 0.133 e. The number of alkyl halides is 1. The first-order chi connectivity index (χ1) is 6.77. The van der Waals surface area contributed by atoms with E-state index in [0.717, 1.165) is 12.0 Å². The van der Waals surface area contributed by atoms with Gasteiger partial charge in [-0.2, -0.15) is 0 Å². The largest absolute Gasteiger partial charge is 0.244 e. The van der Waals surface area contributed by atoms with E-state index in [-0.39, 0.29) is 0 Å². The van der Waals surface area contributed by atoms with Crippen LogP contribution in [0.4, 0.5) is 0 Å². The smallest absolute Gasteiger partial charge is 0.133 e. The lowest BCUT2D eigenvalue weighted by atomic mass is 10.1. The Bertz CT molecular complexity index is 287. The van der Waals surface area contributed by atoms with Gasteiger partial charge < -0.3 is 0 Å². The highest BCUT2D eigenvalue weighted by molar-refractivity contribution is 6.31. The van der Waals surface area contributed by atoms with Crippen LogP contribution in [0.3, 0.4) is 0 Å². The number of rotatable bonds is 5. The van der Waals surface area contributed by atoms with E-state index in [1.807, 2.05) is 6.20 Å². The molecule has 0 saturated heterocycles. The van der Waals surface area contributed by atoms with E-state index in [1.54, 1.807) is 0 Å². The highest BCUT2D eigenvalue weighted by Crippen LogP contribution is 2.17. The molecule has 0 aliphatic carbocycles. The standard InChI is InChI=1S/C11H15Cl2N/c1-2-3-4-5-9-6-10(7-12)11(13)14-8-9/h6,8H,2-5,7H2,1H3. The van der Waals surface area contributed by atoms with Gasteiger partial charge in [-0.1, -0.05) is 31.4 Å². The molecule has 0 aliphatic rings. The average Bonchev–Trinajstić information content (AvgIpc) is 2.21. The minimum absolute atomic E-state index is 0.438. The third-order valence-electron chi connectivity index (χ3n) is 2.18. The molecule has 0 N–H and O–H groups in total. The predicted octanol–water partition coefficient (Wildman–Crippen LogP) is 4.21. The summed E-state index contributed by atoms with van der Waals surface area (Å²) in [6.45, 7) is 2.20. The summed E-state index contributed by atoms with van der Waals surface area (Å²) < 4.78 is 0. The van der Waals surface area contributed by atoms with Crippen LogP contribution < -0.4 is 0 Å². The summed E-state index contributed by atoms with van der Waals surface area (Å²) in [5.74, 6) is 0.438. The van der Waals surface area contributed by atoms with Gasteiger partial charge in [0.2, 0.25) is 0 Å². The first-order valence-corrected chi connectivity index (χ1v) is 5.88. The van der Waals surface area contributed by atoms with Crippen molar-refractivity contribution >= 4 is 23.2 Å². The van der Waals surface area contributed by atoms with Gasteiger partial charge in [0.15, 0.2) is 0 Å². The Labute approximate surface area is 95.4 Å². The number of pyridine rings is 1. The van der Waals surface area contributed by atoms with E-state index < -0.39 is 0 Å².